The van der Waals surface area contributed by atoms with Gasteiger partial charge in [-0.2, -0.15) is 0 Å². The van der Waals surface area contributed by atoms with Crippen molar-refractivity contribution in [2.45, 2.75) is 6.54 Å². The van der Waals surface area contributed by atoms with Gasteiger partial charge < -0.3 is 4.57 Å². The van der Waals surface area contributed by atoms with Crippen molar-refractivity contribution in [3.63, 3.8) is 0 Å². The lowest BCUT2D eigenvalue weighted by Gasteiger charge is -2.01. The number of benzene rings is 1. The van der Waals surface area contributed by atoms with Crippen LogP contribution in [0.25, 0.3) is 10.2 Å². The van der Waals surface area contributed by atoms with E-state index in [1.54, 1.807) is 0 Å². The number of nitrogens with one attached hydrogen (secondary N) is 1. The summed E-state index contributed by atoms with van der Waals surface area (Å²) in [5, 5.41) is 8.32. The lowest BCUT2D eigenvalue weighted by Crippen LogP contribution is -2.12. The number of hydrogen-bond donors (Lipinski definition) is 1. The molecule has 2 rings (SSSR count). The molecule has 0 spiro atoms. The van der Waals surface area contributed by atoms with Crippen LogP contribution in [0.2, 0.25) is 0 Å². The van der Waals surface area contributed by atoms with E-state index in [0.29, 0.717) is 16.4 Å². The molecule has 0 saturated heterocycles. The Morgan fingerprint density at radius 2 is 2.21 bits per heavy atom. The molecule has 1 aromatic heterocycles. The van der Waals surface area contributed by atoms with Gasteiger partial charge in [-0.3, -0.25) is 5.41 Å². The number of rotatable bonds is 2. The van der Waals surface area contributed by atoms with Crippen molar-refractivity contribution in [1.29, 1.82) is 5.41 Å². The first-order valence-electron chi connectivity index (χ1n) is 4.15. The lowest BCUT2D eigenvalue weighted by molar-refractivity contribution is 0.802. The Labute approximate surface area is 90.6 Å². The summed E-state index contributed by atoms with van der Waals surface area (Å²) in [4.78, 5) is 0.507. The second kappa shape index (κ2) is 3.59. The highest BCUT2D eigenvalue weighted by molar-refractivity contribution is 7.16. The molecule has 0 aliphatic heterocycles. The van der Waals surface area contributed by atoms with E-state index in [0.717, 1.165) is 10.2 Å². The van der Waals surface area contributed by atoms with Gasteiger partial charge in [-0.05, 0) is 12.1 Å². The van der Waals surface area contributed by atoms with Crippen LogP contribution in [-0.2, 0) is 6.54 Å². The highest BCUT2D eigenvalue weighted by Crippen LogP contribution is 2.17. The van der Waals surface area contributed by atoms with E-state index in [1.807, 2.05) is 28.8 Å². The molecule has 0 unspecified atom stereocenters. The molecule has 0 aliphatic carbocycles. The van der Waals surface area contributed by atoms with Crippen molar-refractivity contribution in [3.05, 3.63) is 40.7 Å². The molecular weight excluding hydrogens is 216 g/mol. The summed E-state index contributed by atoms with van der Waals surface area (Å²) < 4.78 is 2.96. The average molecular weight is 225 g/mol. The molecule has 0 fully saturated rings. The summed E-state index contributed by atoms with van der Waals surface area (Å²) in [7, 11) is 0. The number of hydrogen-bond acceptors (Lipinski definition) is 2. The summed E-state index contributed by atoms with van der Waals surface area (Å²) in [6.45, 7) is 4.15. The number of halogens is 1. The third-order valence-corrected chi connectivity index (χ3v) is 3.04. The van der Waals surface area contributed by atoms with Crippen LogP contribution < -0.4 is 4.80 Å². The summed E-state index contributed by atoms with van der Waals surface area (Å²) in [5.41, 5.74) is 1.05. The van der Waals surface area contributed by atoms with Gasteiger partial charge in [-0.25, -0.2) is 0 Å². The van der Waals surface area contributed by atoms with Gasteiger partial charge >= 0.3 is 0 Å². The van der Waals surface area contributed by atoms with E-state index in [2.05, 4.69) is 6.58 Å². The van der Waals surface area contributed by atoms with Crippen LogP contribution in [0.4, 0.5) is 0 Å². The van der Waals surface area contributed by atoms with Crippen LogP contribution in [-0.4, -0.2) is 4.57 Å². The van der Waals surface area contributed by atoms with Crippen LogP contribution in [0.15, 0.2) is 35.9 Å². The third-order valence-electron chi connectivity index (χ3n) is 1.94. The van der Waals surface area contributed by atoms with E-state index in [4.69, 9.17) is 17.0 Å². The first kappa shape index (κ1) is 9.49. The Morgan fingerprint density at radius 3 is 2.93 bits per heavy atom. The minimum atomic E-state index is 0.504. The maximum absolute atomic E-state index is 7.77. The second-order valence-corrected chi connectivity index (χ2v) is 4.54. The quantitative estimate of drug-likeness (QED) is 0.813. The zero-order chi connectivity index (χ0) is 10.1. The lowest BCUT2D eigenvalue weighted by atomic mass is 10.3. The van der Waals surface area contributed by atoms with Gasteiger partial charge in [0.2, 0.25) is 0 Å². The molecule has 0 bridgehead atoms. The fourth-order valence-corrected chi connectivity index (χ4v) is 2.39. The van der Waals surface area contributed by atoms with Gasteiger partial charge in [-0.15, -0.1) is 0 Å². The first-order valence-corrected chi connectivity index (χ1v) is 5.34. The highest BCUT2D eigenvalue weighted by Gasteiger charge is 2.03. The van der Waals surface area contributed by atoms with E-state index in [9.17, 15) is 0 Å². The van der Waals surface area contributed by atoms with Gasteiger partial charge in [0.1, 0.15) is 0 Å². The summed E-state index contributed by atoms with van der Waals surface area (Å²) >= 11 is 7.20. The molecule has 0 aliphatic rings. The number of para-hydroxylation sites is 1. The van der Waals surface area contributed by atoms with E-state index in [1.165, 1.54) is 11.3 Å². The Hall–Kier alpha value is -1.06. The van der Waals surface area contributed by atoms with Crippen LogP contribution in [0, 0.1) is 5.41 Å². The van der Waals surface area contributed by atoms with Gasteiger partial charge in [0.15, 0.2) is 4.80 Å². The molecule has 1 N–H and O–H groups in total. The molecule has 4 heteroatoms. The SMILES string of the molecule is C=C(Cl)Cn1c(=N)sc2ccccc21. The number of allylic oxidation sites excluding steroid dienone is 1. The van der Waals surface area contributed by atoms with Crippen molar-refractivity contribution >= 4 is 33.2 Å². The Balaban J connectivity index is 2.68. The topological polar surface area (TPSA) is 28.8 Å². The summed E-state index contributed by atoms with van der Waals surface area (Å²) in [5.74, 6) is 0. The minimum Gasteiger partial charge on any atom is -0.312 e. The van der Waals surface area contributed by atoms with Gasteiger partial charge in [-0.1, -0.05) is 41.6 Å². The normalized spacial score (nSPS) is 10.6. The molecule has 0 amide bonds. The van der Waals surface area contributed by atoms with Crippen LogP contribution in [0.5, 0.6) is 0 Å². The molecule has 2 nitrogen and oxygen atoms in total. The zero-order valence-corrected chi connectivity index (χ0v) is 9.03. The Bertz CT molecular complexity index is 538. The highest BCUT2D eigenvalue weighted by atomic mass is 35.5. The summed E-state index contributed by atoms with van der Waals surface area (Å²) in [6.07, 6.45) is 0. The molecule has 0 saturated carbocycles. The van der Waals surface area contributed by atoms with Crippen LogP contribution >= 0.6 is 22.9 Å². The zero-order valence-electron chi connectivity index (χ0n) is 7.46. The van der Waals surface area contributed by atoms with E-state index < -0.39 is 0 Å². The molecule has 2 aromatic rings. The van der Waals surface area contributed by atoms with Crippen molar-refractivity contribution in [3.8, 4) is 0 Å². The molecule has 72 valence electrons. The molecule has 14 heavy (non-hydrogen) atoms. The molecular formula is C10H9ClN2S. The van der Waals surface area contributed by atoms with Gasteiger partial charge in [0, 0.05) is 5.03 Å². The van der Waals surface area contributed by atoms with E-state index in [-0.39, 0.29) is 0 Å². The Kier molecular flexibility index (Phi) is 2.44. The monoisotopic (exact) mass is 224 g/mol. The van der Waals surface area contributed by atoms with Crippen molar-refractivity contribution < 1.29 is 0 Å². The fourth-order valence-electron chi connectivity index (χ4n) is 1.36. The maximum Gasteiger partial charge on any atom is 0.183 e. The maximum atomic E-state index is 7.77. The van der Waals surface area contributed by atoms with E-state index >= 15 is 0 Å². The van der Waals surface area contributed by atoms with Crippen LogP contribution in [0.1, 0.15) is 0 Å². The number of fused-ring (bicyclic) bond motifs is 1. The predicted octanol–water partition coefficient (Wildman–Crippen LogP) is 2.93. The standard InChI is InChI=1S/C10H9ClN2S/c1-7(11)6-13-8-4-2-3-5-9(8)14-10(13)12/h2-5,12H,1,6H2. The number of aromatic nitrogens is 1. The van der Waals surface area contributed by atoms with Crippen molar-refractivity contribution in [2.75, 3.05) is 0 Å². The first-order chi connectivity index (χ1) is 6.68. The predicted molar refractivity (Wildman–Crippen MR) is 60.7 cm³/mol. The molecule has 0 radical (unpaired) electrons. The average Bonchev–Trinajstić information content (AvgIpc) is 2.43. The largest absolute Gasteiger partial charge is 0.312 e. The van der Waals surface area contributed by atoms with Gasteiger partial charge in [0.05, 0.1) is 16.8 Å². The molecule has 0 atom stereocenters. The number of nitrogens with zero attached hydrogens (tertiary/aromatic N) is 1. The molecule has 1 heterocycles. The Morgan fingerprint density at radius 1 is 1.50 bits per heavy atom. The van der Waals surface area contributed by atoms with Crippen molar-refractivity contribution in [1.82, 2.24) is 4.57 Å². The fraction of sp³-hybridized carbons (Fsp3) is 0.100. The van der Waals surface area contributed by atoms with Crippen LogP contribution in [0.3, 0.4) is 0 Å². The smallest absolute Gasteiger partial charge is 0.183 e. The number of thiazole rings is 1. The second-order valence-electron chi connectivity index (χ2n) is 2.98. The minimum absolute atomic E-state index is 0.504. The van der Waals surface area contributed by atoms with Crippen molar-refractivity contribution in [2.24, 2.45) is 0 Å². The third kappa shape index (κ3) is 1.61. The summed E-state index contributed by atoms with van der Waals surface area (Å²) in [6, 6.07) is 7.93. The molecule has 1 aromatic carbocycles. The van der Waals surface area contributed by atoms with Gasteiger partial charge in [0.25, 0.3) is 0 Å².